The molecule has 0 aliphatic carbocycles. The average Bonchev–Trinajstić information content (AvgIpc) is 2.58. The Morgan fingerprint density at radius 2 is 1.65 bits per heavy atom. The molecule has 23 heavy (non-hydrogen) atoms. The van der Waals surface area contributed by atoms with Gasteiger partial charge < -0.3 is 20.5 Å². The second kappa shape index (κ2) is 7.46. The van der Waals surface area contributed by atoms with E-state index >= 15 is 0 Å². The fourth-order valence-corrected chi connectivity index (χ4v) is 1.90. The van der Waals surface area contributed by atoms with Crippen LogP contribution in [0.5, 0.6) is 11.5 Å². The van der Waals surface area contributed by atoms with Crippen LogP contribution in [-0.2, 0) is 4.79 Å². The van der Waals surface area contributed by atoms with E-state index in [9.17, 15) is 9.90 Å². The molecule has 0 aliphatic rings. The molecule has 0 aromatic heterocycles. The van der Waals surface area contributed by atoms with Crippen LogP contribution in [0.1, 0.15) is 6.92 Å². The number of carbonyl (C=O) groups is 1. The normalized spacial score (nSPS) is 13.2. The van der Waals surface area contributed by atoms with E-state index in [1.807, 2.05) is 0 Å². The number of nitrogens with one attached hydrogen (secondary N) is 2. The first-order chi connectivity index (χ1) is 11.0. The van der Waals surface area contributed by atoms with Crippen molar-refractivity contribution < 1.29 is 14.6 Å². The Morgan fingerprint density at radius 1 is 1.13 bits per heavy atom. The number of aliphatic hydroxyl groups is 1. The van der Waals surface area contributed by atoms with Crippen molar-refractivity contribution in [2.24, 2.45) is 0 Å². The van der Waals surface area contributed by atoms with E-state index in [0.717, 1.165) is 0 Å². The van der Waals surface area contributed by atoms with Crippen LogP contribution < -0.4 is 15.4 Å². The van der Waals surface area contributed by atoms with Crippen LogP contribution in [0, 0.1) is 0 Å². The lowest BCUT2D eigenvalue weighted by molar-refractivity contribution is -0.123. The van der Waals surface area contributed by atoms with E-state index in [2.05, 4.69) is 10.6 Å². The van der Waals surface area contributed by atoms with Gasteiger partial charge in [-0.3, -0.25) is 4.79 Å². The molecule has 2 aromatic rings. The van der Waals surface area contributed by atoms with Gasteiger partial charge in [0.05, 0.1) is 6.61 Å². The van der Waals surface area contributed by atoms with Gasteiger partial charge in [-0.15, -0.1) is 0 Å². The summed E-state index contributed by atoms with van der Waals surface area (Å²) >= 11 is 5.83. The standard InChI is InChI=1S/C17H19ClN2O3/c1-17(11-21,19-2)16(22)20-13-5-9-15(10-6-13)23-14-7-3-12(18)4-8-14/h3-10,19,21H,11H2,1-2H3,(H,20,22)/t17-/m0/s1. The van der Waals surface area contributed by atoms with Crippen LogP contribution in [-0.4, -0.2) is 30.2 Å². The number of hydrogen-bond acceptors (Lipinski definition) is 4. The molecule has 2 rings (SSSR count). The molecular weight excluding hydrogens is 316 g/mol. The molecule has 6 heteroatoms. The van der Waals surface area contributed by atoms with Gasteiger partial charge >= 0.3 is 0 Å². The fraction of sp³-hybridized carbons (Fsp3) is 0.235. The maximum atomic E-state index is 12.1. The highest BCUT2D eigenvalue weighted by molar-refractivity contribution is 6.30. The molecule has 1 atom stereocenters. The van der Waals surface area contributed by atoms with Crippen molar-refractivity contribution in [3.63, 3.8) is 0 Å². The van der Waals surface area contributed by atoms with Crippen LogP contribution in [0.2, 0.25) is 5.02 Å². The molecule has 0 spiro atoms. The number of likely N-dealkylation sites (N-methyl/N-ethyl adjacent to an activating group) is 1. The number of hydrogen-bond donors (Lipinski definition) is 3. The van der Waals surface area contributed by atoms with Crippen molar-refractivity contribution in [2.75, 3.05) is 19.0 Å². The van der Waals surface area contributed by atoms with Gasteiger partial charge in [-0.05, 0) is 62.5 Å². The lowest BCUT2D eigenvalue weighted by atomic mass is 10.0. The first-order valence-electron chi connectivity index (χ1n) is 7.11. The quantitative estimate of drug-likeness (QED) is 0.759. The molecule has 122 valence electrons. The second-order valence-corrected chi connectivity index (χ2v) is 5.71. The molecule has 0 aliphatic heterocycles. The minimum absolute atomic E-state index is 0.299. The van der Waals surface area contributed by atoms with Gasteiger partial charge in [0.2, 0.25) is 5.91 Å². The van der Waals surface area contributed by atoms with E-state index in [1.165, 1.54) is 0 Å². The van der Waals surface area contributed by atoms with Crippen LogP contribution in [0.3, 0.4) is 0 Å². The molecule has 0 heterocycles. The minimum Gasteiger partial charge on any atom is -0.457 e. The number of halogens is 1. The summed E-state index contributed by atoms with van der Waals surface area (Å²) in [5.41, 5.74) is -0.410. The molecule has 5 nitrogen and oxygen atoms in total. The van der Waals surface area contributed by atoms with E-state index in [4.69, 9.17) is 16.3 Å². The maximum Gasteiger partial charge on any atom is 0.246 e. The number of ether oxygens (including phenoxy) is 1. The van der Waals surface area contributed by atoms with E-state index in [1.54, 1.807) is 62.5 Å². The van der Waals surface area contributed by atoms with E-state index in [-0.39, 0.29) is 12.5 Å². The third-order valence-corrected chi connectivity index (χ3v) is 3.78. The van der Waals surface area contributed by atoms with Gasteiger partial charge in [0.15, 0.2) is 0 Å². The smallest absolute Gasteiger partial charge is 0.246 e. The Labute approximate surface area is 140 Å². The van der Waals surface area contributed by atoms with Gasteiger partial charge in [-0.2, -0.15) is 0 Å². The highest BCUT2D eigenvalue weighted by atomic mass is 35.5. The topological polar surface area (TPSA) is 70.6 Å². The average molecular weight is 335 g/mol. The zero-order chi connectivity index (χ0) is 16.9. The summed E-state index contributed by atoms with van der Waals surface area (Å²) in [7, 11) is 1.62. The molecule has 1 amide bonds. The second-order valence-electron chi connectivity index (χ2n) is 5.27. The third kappa shape index (κ3) is 4.45. The van der Waals surface area contributed by atoms with Crippen LogP contribution >= 0.6 is 11.6 Å². The number of anilines is 1. The summed E-state index contributed by atoms with van der Waals surface area (Å²) in [5.74, 6) is 1.01. The van der Waals surface area contributed by atoms with Gasteiger partial charge in [-0.1, -0.05) is 11.6 Å². The molecule has 3 N–H and O–H groups in total. The highest BCUT2D eigenvalue weighted by Gasteiger charge is 2.30. The predicted molar refractivity (Wildman–Crippen MR) is 91.1 cm³/mol. The highest BCUT2D eigenvalue weighted by Crippen LogP contribution is 2.24. The maximum absolute atomic E-state index is 12.1. The predicted octanol–water partition coefficient (Wildman–Crippen LogP) is 3.04. The van der Waals surface area contributed by atoms with Crippen molar-refractivity contribution in [3.8, 4) is 11.5 Å². The van der Waals surface area contributed by atoms with Crippen molar-refractivity contribution in [2.45, 2.75) is 12.5 Å². The summed E-state index contributed by atoms with van der Waals surface area (Å²) in [5, 5.41) is 15.5. The summed E-state index contributed by atoms with van der Waals surface area (Å²) in [6.45, 7) is 1.33. The first kappa shape index (κ1) is 17.3. The summed E-state index contributed by atoms with van der Waals surface area (Å²) in [6, 6.07) is 14.0. The Bertz CT molecular complexity index is 653. The molecule has 2 aromatic carbocycles. The van der Waals surface area contributed by atoms with E-state index < -0.39 is 5.54 Å². The molecule has 0 radical (unpaired) electrons. The van der Waals surface area contributed by atoms with Gasteiger partial charge in [-0.25, -0.2) is 0 Å². The molecule has 0 fully saturated rings. The van der Waals surface area contributed by atoms with Crippen LogP contribution in [0.15, 0.2) is 48.5 Å². The Morgan fingerprint density at radius 3 is 2.13 bits per heavy atom. The number of rotatable bonds is 6. The van der Waals surface area contributed by atoms with Crippen molar-refractivity contribution in [1.29, 1.82) is 0 Å². The van der Waals surface area contributed by atoms with Gasteiger partial charge in [0.25, 0.3) is 0 Å². The lowest BCUT2D eigenvalue weighted by Gasteiger charge is -2.25. The Kier molecular flexibility index (Phi) is 5.60. The van der Waals surface area contributed by atoms with Gasteiger partial charge in [0, 0.05) is 10.7 Å². The summed E-state index contributed by atoms with van der Waals surface area (Å²) in [6.07, 6.45) is 0. The first-order valence-corrected chi connectivity index (χ1v) is 7.49. The fourth-order valence-electron chi connectivity index (χ4n) is 1.78. The third-order valence-electron chi connectivity index (χ3n) is 3.53. The van der Waals surface area contributed by atoms with Crippen LogP contribution in [0.4, 0.5) is 5.69 Å². The molecular formula is C17H19ClN2O3. The summed E-state index contributed by atoms with van der Waals surface area (Å²) in [4.78, 5) is 12.1. The van der Waals surface area contributed by atoms with Crippen LogP contribution in [0.25, 0.3) is 0 Å². The molecule has 0 unspecified atom stereocenters. The Balaban J connectivity index is 2.02. The molecule has 0 bridgehead atoms. The zero-order valence-corrected chi connectivity index (χ0v) is 13.7. The van der Waals surface area contributed by atoms with Crippen molar-refractivity contribution in [3.05, 3.63) is 53.6 Å². The Hall–Kier alpha value is -2.08. The summed E-state index contributed by atoms with van der Waals surface area (Å²) < 4.78 is 5.68. The lowest BCUT2D eigenvalue weighted by Crippen LogP contribution is -2.53. The van der Waals surface area contributed by atoms with Crippen molar-refractivity contribution in [1.82, 2.24) is 5.32 Å². The largest absolute Gasteiger partial charge is 0.457 e. The molecule has 0 saturated heterocycles. The number of benzene rings is 2. The monoisotopic (exact) mass is 334 g/mol. The SMILES string of the molecule is CN[C@@](C)(CO)C(=O)Nc1ccc(Oc2ccc(Cl)cc2)cc1. The number of aliphatic hydroxyl groups excluding tert-OH is 1. The van der Waals surface area contributed by atoms with Crippen molar-refractivity contribution >= 4 is 23.2 Å². The minimum atomic E-state index is -1.03. The number of carbonyl (C=O) groups excluding carboxylic acids is 1. The zero-order valence-electron chi connectivity index (χ0n) is 13.0. The van der Waals surface area contributed by atoms with E-state index in [0.29, 0.717) is 22.2 Å². The van der Waals surface area contributed by atoms with Gasteiger partial charge in [0.1, 0.15) is 17.0 Å². The molecule has 0 saturated carbocycles. The number of amides is 1.